The van der Waals surface area contributed by atoms with Gasteiger partial charge < -0.3 is 14.2 Å². The minimum Gasteiger partial charge on any atom is -0.493 e. The molecule has 1 heterocycles. The van der Waals surface area contributed by atoms with Crippen LogP contribution in [0.2, 0.25) is 0 Å². The van der Waals surface area contributed by atoms with E-state index in [9.17, 15) is 19.7 Å². The zero-order valence-electron chi connectivity index (χ0n) is 20.9. The Balaban J connectivity index is 1.80. The van der Waals surface area contributed by atoms with Gasteiger partial charge in [0.2, 0.25) is 5.75 Å². The summed E-state index contributed by atoms with van der Waals surface area (Å²) in [6.07, 6.45) is 5.31. The lowest BCUT2D eigenvalue weighted by molar-refractivity contribution is -0.386. The van der Waals surface area contributed by atoms with Crippen molar-refractivity contribution in [3.05, 3.63) is 68.3 Å². The van der Waals surface area contributed by atoms with Crippen LogP contribution in [-0.4, -0.2) is 47.1 Å². The van der Waals surface area contributed by atoms with Crippen molar-refractivity contribution in [3.8, 4) is 11.5 Å². The first kappa shape index (κ1) is 25.8. The third-order valence-corrected chi connectivity index (χ3v) is 6.37. The molecule has 1 atom stereocenters. The van der Waals surface area contributed by atoms with Gasteiger partial charge in [-0.3, -0.25) is 14.9 Å². The molecule has 1 saturated carbocycles. The number of carbonyl (C=O) groups excluding carboxylic acids is 1. The predicted molar refractivity (Wildman–Crippen MR) is 137 cm³/mol. The number of benzene rings is 2. The molecule has 1 aliphatic carbocycles. The number of carbonyl (C=O) groups is 1. The summed E-state index contributed by atoms with van der Waals surface area (Å²) in [7, 11) is 2.52. The Bertz CT molecular complexity index is 1410. The molecule has 0 saturated heterocycles. The van der Waals surface area contributed by atoms with Gasteiger partial charge in [0.1, 0.15) is 5.82 Å². The Labute approximate surface area is 212 Å². The van der Waals surface area contributed by atoms with Crippen molar-refractivity contribution in [1.82, 2.24) is 9.66 Å². The number of nitro benzene ring substituents is 1. The summed E-state index contributed by atoms with van der Waals surface area (Å²) in [6.45, 7) is 1.41. The van der Waals surface area contributed by atoms with E-state index in [1.165, 1.54) is 44.2 Å². The van der Waals surface area contributed by atoms with Crippen LogP contribution >= 0.6 is 0 Å². The molecule has 4 rings (SSSR count). The number of aromatic nitrogens is 2. The van der Waals surface area contributed by atoms with Crippen LogP contribution < -0.4 is 15.0 Å². The third kappa shape index (κ3) is 5.45. The highest BCUT2D eigenvalue weighted by molar-refractivity contribution is 5.84. The van der Waals surface area contributed by atoms with Gasteiger partial charge in [0.15, 0.2) is 11.9 Å². The Morgan fingerprint density at radius 2 is 1.95 bits per heavy atom. The van der Waals surface area contributed by atoms with Gasteiger partial charge in [0.05, 0.1) is 36.3 Å². The number of hydrogen-bond acceptors (Lipinski definition) is 9. The molecule has 3 aromatic rings. The lowest BCUT2D eigenvalue weighted by Crippen LogP contribution is -2.25. The molecular formula is C26H28N4O7. The van der Waals surface area contributed by atoms with Crippen LogP contribution in [0.5, 0.6) is 11.5 Å². The number of methoxy groups -OCH3 is 2. The summed E-state index contributed by atoms with van der Waals surface area (Å²) in [5, 5.41) is 16.7. The van der Waals surface area contributed by atoms with Gasteiger partial charge in [-0.05, 0) is 38.0 Å². The van der Waals surface area contributed by atoms with E-state index in [0.29, 0.717) is 22.3 Å². The Kier molecular flexibility index (Phi) is 7.80. The van der Waals surface area contributed by atoms with Crippen molar-refractivity contribution in [2.75, 3.05) is 14.2 Å². The average Bonchev–Trinajstić information content (AvgIpc) is 2.92. The number of fused-ring (bicyclic) bond motifs is 1. The number of para-hydroxylation sites is 1. The van der Waals surface area contributed by atoms with Gasteiger partial charge in [-0.25, -0.2) is 9.78 Å². The van der Waals surface area contributed by atoms with Crippen LogP contribution in [0.15, 0.2) is 46.3 Å². The predicted octanol–water partition coefficient (Wildman–Crippen LogP) is 4.18. The summed E-state index contributed by atoms with van der Waals surface area (Å²) in [5.74, 6) is -0.214. The zero-order valence-corrected chi connectivity index (χ0v) is 20.9. The molecule has 0 amide bonds. The van der Waals surface area contributed by atoms with Crippen LogP contribution in [-0.2, 0) is 9.53 Å². The minimum atomic E-state index is -1.10. The molecule has 37 heavy (non-hydrogen) atoms. The molecule has 0 radical (unpaired) electrons. The second kappa shape index (κ2) is 11.2. The van der Waals surface area contributed by atoms with Crippen molar-refractivity contribution in [1.29, 1.82) is 0 Å². The summed E-state index contributed by atoms with van der Waals surface area (Å²) in [5.41, 5.74) is 0.179. The highest BCUT2D eigenvalue weighted by atomic mass is 16.6. The zero-order chi connectivity index (χ0) is 26.5. The van der Waals surface area contributed by atoms with Gasteiger partial charge in [-0.2, -0.15) is 9.78 Å². The molecule has 0 unspecified atom stereocenters. The fourth-order valence-electron chi connectivity index (χ4n) is 4.48. The normalized spacial score (nSPS) is 15.0. The second-order valence-electron chi connectivity index (χ2n) is 8.80. The van der Waals surface area contributed by atoms with Crippen LogP contribution in [0.1, 0.15) is 56.3 Å². The highest BCUT2D eigenvalue weighted by Crippen LogP contribution is 2.39. The molecule has 0 aliphatic heterocycles. The number of nitrogens with zero attached hydrogens (tertiary/aromatic N) is 4. The highest BCUT2D eigenvalue weighted by Gasteiger charge is 2.27. The van der Waals surface area contributed by atoms with E-state index in [0.717, 1.165) is 32.1 Å². The molecule has 11 nitrogen and oxygen atoms in total. The molecule has 0 bridgehead atoms. The lowest BCUT2D eigenvalue weighted by Gasteiger charge is -2.22. The summed E-state index contributed by atoms with van der Waals surface area (Å²) in [6, 6.07) is 9.83. The van der Waals surface area contributed by atoms with Gasteiger partial charge in [-0.15, -0.1) is 0 Å². The molecule has 1 fully saturated rings. The first-order chi connectivity index (χ1) is 17.8. The monoisotopic (exact) mass is 508 g/mol. The fraction of sp³-hybridized carbons (Fsp3) is 0.385. The van der Waals surface area contributed by atoms with Gasteiger partial charge in [0.25, 0.3) is 5.56 Å². The maximum atomic E-state index is 13.4. The number of nitro groups is 1. The summed E-state index contributed by atoms with van der Waals surface area (Å²) in [4.78, 5) is 41.2. The molecule has 0 N–H and O–H groups in total. The molecule has 11 heteroatoms. The fourth-order valence-corrected chi connectivity index (χ4v) is 4.48. The van der Waals surface area contributed by atoms with E-state index in [1.54, 1.807) is 18.2 Å². The van der Waals surface area contributed by atoms with E-state index in [1.807, 2.05) is 6.07 Å². The van der Waals surface area contributed by atoms with Crippen LogP contribution in [0.3, 0.4) is 0 Å². The lowest BCUT2D eigenvalue weighted by atomic mass is 9.88. The Hall–Kier alpha value is -4.28. The largest absolute Gasteiger partial charge is 0.493 e. The van der Waals surface area contributed by atoms with Crippen molar-refractivity contribution >= 4 is 28.8 Å². The van der Waals surface area contributed by atoms with Gasteiger partial charge >= 0.3 is 11.7 Å². The molecule has 1 aromatic heterocycles. The summed E-state index contributed by atoms with van der Waals surface area (Å²) < 4.78 is 16.8. The van der Waals surface area contributed by atoms with Crippen molar-refractivity contribution < 1.29 is 23.9 Å². The van der Waals surface area contributed by atoms with E-state index in [4.69, 9.17) is 14.5 Å². The number of ether oxygens (including phenoxy) is 3. The van der Waals surface area contributed by atoms with E-state index in [-0.39, 0.29) is 23.0 Å². The molecule has 0 spiro atoms. The van der Waals surface area contributed by atoms with Gasteiger partial charge in [0, 0.05) is 17.5 Å². The number of esters is 1. The van der Waals surface area contributed by atoms with E-state index in [2.05, 4.69) is 9.84 Å². The minimum absolute atomic E-state index is 0.0305. The smallest absolute Gasteiger partial charge is 0.346 e. The quantitative estimate of drug-likeness (QED) is 0.191. The molecule has 2 aromatic carbocycles. The average molecular weight is 509 g/mol. The van der Waals surface area contributed by atoms with Crippen LogP contribution in [0.4, 0.5) is 5.69 Å². The van der Waals surface area contributed by atoms with Crippen molar-refractivity contribution in [2.24, 2.45) is 5.10 Å². The first-order valence-corrected chi connectivity index (χ1v) is 12.0. The molecular weight excluding hydrogens is 480 g/mol. The van der Waals surface area contributed by atoms with Crippen molar-refractivity contribution in [3.63, 3.8) is 0 Å². The standard InChI is InChI=1S/C26H28N4O7/c1-16(26(32)36-3)37-23-21(30(33)34)13-17(14-22(23)35-2)15-27-29-24(18-9-5-4-6-10-18)28-20-12-8-7-11-19(20)25(29)31/h7-8,11-16,18H,4-6,9-10H2,1-3H3/t16-/m1/s1. The van der Waals surface area contributed by atoms with Gasteiger partial charge in [-0.1, -0.05) is 31.4 Å². The maximum Gasteiger partial charge on any atom is 0.346 e. The Morgan fingerprint density at radius 1 is 1.22 bits per heavy atom. The summed E-state index contributed by atoms with van der Waals surface area (Å²) >= 11 is 0. The first-order valence-electron chi connectivity index (χ1n) is 12.0. The van der Waals surface area contributed by atoms with E-state index < -0.39 is 22.7 Å². The maximum absolute atomic E-state index is 13.4. The van der Waals surface area contributed by atoms with E-state index >= 15 is 0 Å². The van der Waals surface area contributed by atoms with Crippen molar-refractivity contribution in [2.45, 2.75) is 51.0 Å². The topological polar surface area (TPSA) is 135 Å². The Morgan fingerprint density at radius 3 is 2.62 bits per heavy atom. The molecule has 194 valence electrons. The second-order valence-corrected chi connectivity index (χ2v) is 8.80. The van der Waals surface area contributed by atoms with Crippen LogP contribution in [0.25, 0.3) is 10.9 Å². The number of hydrogen-bond donors (Lipinski definition) is 0. The number of rotatable bonds is 8. The van der Waals surface area contributed by atoms with Crippen LogP contribution in [0, 0.1) is 10.1 Å². The molecule has 1 aliphatic rings. The SMILES string of the molecule is COC(=O)[C@@H](C)Oc1c(OC)cc(C=Nn2c(C3CCCCC3)nc3ccccc3c2=O)cc1[N+](=O)[O-]. The third-order valence-electron chi connectivity index (χ3n) is 6.37.